The van der Waals surface area contributed by atoms with Crippen LogP contribution in [0, 0.1) is 0 Å². The lowest BCUT2D eigenvalue weighted by molar-refractivity contribution is -0.142. The Hall–Kier alpha value is -3.70. The molecule has 0 saturated carbocycles. The van der Waals surface area contributed by atoms with Gasteiger partial charge in [0, 0.05) is 29.3 Å². The second kappa shape index (κ2) is 10.1. The van der Waals surface area contributed by atoms with Gasteiger partial charge >= 0.3 is 5.97 Å². The van der Waals surface area contributed by atoms with E-state index in [1.807, 2.05) is 42.5 Å². The molecule has 0 bridgehead atoms. The van der Waals surface area contributed by atoms with Crippen molar-refractivity contribution in [1.29, 1.82) is 0 Å². The van der Waals surface area contributed by atoms with Gasteiger partial charge in [0.05, 0.1) is 18.5 Å². The summed E-state index contributed by atoms with van der Waals surface area (Å²) in [7, 11) is 0. The highest BCUT2D eigenvalue weighted by Crippen LogP contribution is 2.30. The number of carbonyl (C=O) groups is 1. The van der Waals surface area contributed by atoms with Crippen LogP contribution in [0.15, 0.2) is 79.0 Å². The summed E-state index contributed by atoms with van der Waals surface area (Å²) < 4.78 is 11.2. The quantitative estimate of drug-likeness (QED) is 0.399. The summed E-state index contributed by atoms with van der Waals surface area (Å²) >= 11 is 0. The molecule has 32 heavy (non-hydrogen) atoms. The highest BCUT2D eigenvalue weighted by molar-refractivity contribution is 5.94. The number of esters is 1. The molecule has 0 aliphatic carbocycles. The first-order valence-electron chi connectivity index (χ1n) is 10.7. The van der Waals surface area contributed by atoms with E-state index in [1.165, 1.54) is 0 Å². The zero-order valence-electron chi connectivity index (χ0n) is 18.1. The zero-order chi connectivity index (χ0) is 22.3. The number of benzene rings is 3. The fourth-order valence-corrected chi connectivity index (χ4v) is 3.74. The maximum Gasteiger partial charge on any atom is 0.310 e. The van der Waals surface area contributed by atoms with Gasteiger partial charge in [-0.05, 0) is 53.9 Å². The number of fused-ring (bicyclic) bond motifs is 1. The molecule has 162 valence electrons. The van der Waals surface area contributed by atoms with Gasteiger partial charge in [-0.15, -0.1) is 0 Å². The van der Waals surface area contributed by atoms with Crippen molar-refractivity contribution in [2.45, 2.75) is 26.5 Å². The van der Waals surface area contributed by atoms with Gasteiger partial charge in [-0.25, -0.2) is 0 Å². The van der Waals surface area contributed by atoms with E-state index in [0.29, 0.717) is 25.5 Å². The van der Waals surface area contributed by atoms with Gasteiger partial charge in [0.15, 0.2) is 0 Å². The van der Waals surface area contributed by atoms with E-state index in [-0.39, 0.29) is 12.4 Å². The van der Waals surface area contributed by atoms with Crippen molar-refractivity contribution in [2.75, 3.05) is 6.61 Å². The van der Waals surface area contributed by atoms with Crippen molar-refractivity contribution in [3.05, 3.63) is 95.7 Å². The maximum atomic E-state index is 11.9. The first kappa shape index (κ1) is 21.5. The standard InChI is InChI=1S/C27H26N2O3/c1-2-31-26(30)16-22-8-3-4-11-25(22)32-18-20-14-23-10-6-12-29-27(23)24(15-20)21-9-5-7-19(13-21)17-28/h3-15H,2,16-18,28H2,1H3. The van der Waals surface area contributed by atoms with Crippen LogP contribution in [-0.2, 0) is 29.1 Å². The number of para-hydroxylation sites is 1. The summed E-state index contributed by atoms with van der Waals surface area (Å²) in [6, 6.07) is 24.0. The van der Waals surface area contributed by atoms with Crippen LogP contribution in [0.1, 0.15) is 23.6 Å². The van der Waals surface area contributed by atoms with E-state index in [4.69, 9.17) is 15.2 Å². The minimum Gasteiger partial charge on any atom is -0.489 e. The molecule has 2 N–H and O–H groups in total. The Labute approximate surface area is 187 Å². The first-order chi connectivity index (χ1) is 15.7. The van der Waals surface area contributed by atoms with Gasteiger partial charge in [0.2, 0.25) is 0 Å². The summed E-state index contributed by atoms with van der Waals surface area (Å²) in [6.45, 7) is 3.02. The smallest absolute Gasteiger partial charge is 0.310 e. The van der Waals surface area contributed by atoms with Crippen molar-refractivity contribution >= 4 is 16.9 Å². The Bertz CT molecular complexity index is 1240. The topological polar surface area (TPSA) is 74.4 Å². The van der Waals surface area contributed by atoms with E-state index in [2.05, 4.69) is 35.3 Å². The van der Waals surface area contributed by atoms with Crippen LogP contribution in [0.2, 0.25) is 0 Å². The van der Waals surface area contributed by atoms with Crippen molar-refractivity contribution in [1.82, 2.24) is 4.98 Å². The Morgan fingerprint density at radius 3 is 2.69 bits per heavy atom. The molecule has 0 aliphatic rings. The summed E-state index contributed by atoms with van der Waals surface area (Å²) in [5, 5.41) is 1.04. The number of nitrogens with zero attached hydrogens (tertiary/aromatic N) is 1. The Morgan fingerprint density at radius 1 is 0.969 bits per heavy atom. The second-order valence-electron chi connectivity index (χ2n) is 7.50. The summed E-state index contributed by atoms with van der Waals surface area (Å²) in [4.78, 5) is 16.6. The Morgan fingerprint density at radius 2 is 1.84 bits per heavy atom. The number of hydrogen-bond donors (Lipinski definition) is 1. The van der Waals surface area contributed by atoms with Crippen molar-refractivity contribution in [2.24, 2.45) is 5.73 Å². The molecule has 4 rings (SSSR count). The number of ether oxygens (including phenoxy) is 2. The molecular weight excluding hydrogens is 400 g/mol. The highest BCUT2D eigenvalue weighted by atomic mass is 16.5. The van der Waals surface area contributed by atoms with Crippen molar-refractivity contribution in [3.63, 3.8) is 0 Å². The molecular formula is C27H26N2O3. The molecule has 0 aliphatic heterocycles. The molecule has 4 aromatic rings. The lowest BCUT2D eigenvalue weighted by atomic mass is 9.97. The van der Waals surface area contributed by atoms with Crippen LogP contribution >= 0.6 is 0 Å². The van der Waals surface area contributed by atoms with Gasteiger partial charge < -0.3 is 15.2 Å². The molecule has 3 aromatic carbocycles. The number of pyridine rings is 1. The van der Waals surface area contributed by atoms with Gasteiger partial charge in [0.1, 0.15) is 12.4 Å². The highest BCUT2D eigenvalue weighted by Gasteiger charge is 2.12. The van der Waals surface area contributed by atoms with Crippen LogP contribution in [0.3, 0.4) is 0 Å². The lowest BCUT2D eigenvalue weighted by Gasteiger charge is -2.14. The van der Waals surface area contributed by atoms with Crippen molar-refractivity contribution < 1.29 is 14.3 Å². The fourth-order valence-electron chi connectivity index (χ4n) is 3.74. The normalized spacial score (nSPS) is 10.8. The van der Waals surface area contributed by atoms with E-state index in [0.717, 1.165) is 38.7 Å². The molecule has 0 spiro atoms. The van der Waals surface area contributed by atoms with E-state index in [9.17, 15) is 4.79 Å². The molecule has 5 nitrogen and oxygen atoms in total. The van der Waals surface area contributed by atoms with E-state index < -0.39 is 0 Å². The van der Waals surface area contributed by atoms with Crippen LogP contribution in [0.5, 0.6) is 5.75 Å². The average Bonchev–Trinajstić information content (AvgIpc) is 2.83. The molecule has 0 atom stereocenters. The van der Waals surface area contributed by atoms with E-state index >= 15 is 0 Å². The Balaban J connectivity index is 1.64. The molecule has 0 amide bonds. The van der Waals surface area contributed by atoms with Gasteiger partial charge in [-0.3, -0.25) is 9.78 Å². The minimum absolute atomic E-state index is 0.183. The van der Waals surface area contributed by atoms with Crippen molar-refractivity contribution in [3.8, 4) is 16.9 Å². The van der Waals surface area contributed by atoms with Crippen LogP contribution in [0.4, 0.5) is 0 Å². The summed E-state index contributed by atoms with van der Waals surface area (Å²) in [5.74, 6) is 0.418. The number of hydrogen-bond acceptors (Lipinski definition) is 5. The average molecular weight is 427 g/mol. The SMILES string of the molecule is CCOC(=O)Cc1ccccc1OCc1cc(-c2cccc(CN)c2)c2ncccc2c1. The molecule has 1 heterocycles. The van der Waals surface area contributed by atoms with Gasteiger partial charge in [-0.1, -0.05) is 42.5 Å². The van der Waals surface area contributed by atoms with Crippen LogP contribution in [-0.4, -0.2) is 17.6 Å². The monoisotopic (exact) mass is 426 g/mol. The summed E-state index contributed by atoms with van der Waals surface area (Å²) in [5.41, 5.74) is 11.8. The molecule has 0 fully saturated rings. The van der Waals surface area contributed by atoms with E-state index in [1.54, 1.807) is 13.1 Å². The number of carbonyl (C=O) groups excluding carboxylic acids is 1. The maximum absolute atomic E-state index is 11.9. The number of aromatic nitrogens is 1. The molecule has 5 heteroatoms. The molecule has 0 saturated heterocycles. The minimum atomic E-state index is -0.262. The summed E-state index contributed by atoms with van der Waals surface area (Å²) in [6.07, 6.45) is 1.99. The predicted molar refractivity (Wildman–Crippen MR) is 126 cm³/mol. The zero-order valence-corrected chi connectivity index (χ0v) is 18.1. The number of rotatable bonds is 8. The van der Waals surface area contributed by atoms with Crippen LogP contribution < -0.4 is 10.5 Å². The van der Waals surface area contributed by atoms with Gasteiger partial charge in [0.25, 0.3) is 0 Å². The fraction of sp³-hybridized carbons (Fsp3) is 0.185. The van der Waals surface area contributed by atoms with Gasteiger partial charge in [-0.2, -0.15) is 0 Å². The molecule has 0 radical (unpaired) electrons. The largest absolute Gasteiger partial charge is 0.489 e. The second-order valence-corrected chi connectivity index (χ2v) is 7.50. The predicted octanol–water partition coefficient (Wildman–Crippen LogP) is 5.05. The third-order valence-electron chi connectivity index (χ3n) is 5.25. The third-order valence-corrected chi connectivity index (χ3v) is 5.25. The van der Waals surface area contributed by atoms with Crippen LogP contribution in [0.25, 0.3) is 22.0 Å². The lowest BCUT2D eigenvalue weighted by Crippen LogP contribution is -2.09. The first-order valence-corrected chi connectivity index (χ1v) is 10.7. The molecule has 0 unspecified atom stereocenters. The molecule has 1 aromatic heterocycles. The Kier molecular flexibility index (Phi) is 6.78. The number of nitrogens with two attached hydrogens (primary N) is 1. The third kappa shape index (κ3) is 4.95.